The van der Waals surface area contributed by atoms with E-state index in [1.165, 1.54) is 12.3 Å². The highest BCUT2D eigenvalue weighted by molar-refractivity contribution is 5.94. The molecule has 9 heavy (non-hydrogen) atoms. The quantitative estimate of drug-likeness (QED) is 0.558. The Balaban J connectivity index is 2.77. The highest BCUT2D eigenvalue weighted by Gasteiger charge is 2.04. The third-order valence-corrected chi connectivity index (χ3v) is 0.898. The molecule has 0 bridgehead atoms. The van der Waals surface area contributed by atoms with Crippen molar-refractivity contribution in [3.63, 3.8) is 0 Å². The van der Waals surface area contributed by atoms with Crippen LogP contribution in [0.4, 0.5) is 0 Å². The third-order valence-electron chi connectivity index (χ3n) is 0.898. The van der Waals surface area contributed by atoms with Crippen molar-refractivity contribution < 1.29 is 9.32 Å². The molecule has 0 radical (unpaired) electrons. The van der Waals surface area contributed by atoms with E-state index in [9.17, 15) is 4.79 Å². The molecule has 0 spiro atoms. The summed E-state index contributed by atoms with van der Waals surface area (Å²) >= 11 is 0. The average molecular weight is 126 g/mol. The first kappa shape index (κ1) is 5.97. The predicted octanol–water partition coefficient (Wildman–Crippen LogP) is -0.184. The first-order chi connectivity index (χ1) is 4.34. The van der Waals surface area contributed by atoms with Crippen LogP contribution in [0.25, 0.3) is 0 Å². The fourth-order valence-corrected chi connectivity index (χ4v) is 0.460. The molecule has 0 saturated carbocycles. The minimum absolute atomic E-state index is 0.0325. The number of hydrogen-bond donors (Lipinski definition) is 1. The molecule has 0 aliphatic heterocycles. The summed E-state index contributed by atoms with van der Waals surface area (Å²) in [6.07, 6.45) is 1.41. The minimum atomic E-state index is -0.229. The molecule has 0 amide bonds. The maximum absolute atomic E-state index is 10.6. The summed E-state index contributed by atoms with van der Waals surface area (Å²) < 4.78 is 4.51. The first-order valence-electron chi connectivity index (χ1n) is 2.48. The van der Waals surface area contributed by atoms with Crippen molar-refractivity contribution in [1.82, 2.24) is 5.16 Å². The van der Waals surface area contributed by atoms with Crippen molar-refractivity contribution in [2.45, 2.75) is 0 Å². The number of nitrogens with zero attached hydrogens (tertiary/aromatic N) is 1. The molecule has 1 aromatic heterocycles. The number of carbonyl (C=O) groups is 1. The lowest BCUT2D eigenvalue weighted by molar-refractivity contribution is 0.0966. The Hall–Kier alpha value is -1.16. The molecule has 4 heteroatoms. The summed E-state index contributed by atoms with van der Waals surface area (Å²) in [6.45, 7) is -0.0325. The van der Waals surface area contributed by atoms with Crippen molar-refractivity contribution in [1.29, 1.82) is 0 Å². The zero-order valence-corrected chi connectivity index (χ0v) is 4.70. The van der Waals surface area contributed by atoms with E-state index in [2.05, 4.69) is 9.68 Å². The number of nitrogens with two attached hydrogens (primary N) is 1. The Labute approximate surface area is 51.6 Å². The van der Waals surface area contributed by atoms with Gasteiger partial charge in [-0.15, -0.1) is 0 Å². The Kier molecular flexibility index (Phi) is 1.60. The average Bonchev–Trinajstić information content (AvgIpc) is 2.37. The lowest BCUT2D eigenvalue weighted by Crippen LogP contribution is -2.12. The molecule has 0 aromatic carbocycles. The Morgan fingerprint density at radius 2 is 2.67 bits per heavy atom. The van der Waals surface area contributed by atoms with Gasteiger partial charge in [-0.25, -0.2) is 0 Å². The molecule has 0 aliphatic rings. The molecule has 2 N–H and O–H groups in total. The number of hydrogen-bond acceptors (Lipinski definition) is 4. The van der Waals surface area contributed by atoms with Crippen LogP contribution in [0.5, 0.6) is 0 Å². The van der Waals surface area contributed by atoms with E-state index in [0.717, 1.165) is 0 Å². The van der Waals surface area contributed by atoms with Crippen LogP contribution in [0, 0.1) is 0 Å². The van der Waals surface area contributed by atoms with Gasteiger partial charge in [0, 0.05) is 6.07 Å². The van der Waals surface area contributed by atoms with E-state index in [1.54, 1.807) is 0 Å². The van der Waals surface area contributed by atoms with E-state index in [0.29, 0.717) is 0 Å². The zero-order valence-electron chi connectivity index (χ0n) is 4.70. The Morgan fingerprint density at radius 1 is 1.89 bits per heavy atom. The second kappa shape index (κ2) is 2.41. The maximum atomic E-state index is 10.6. The number of carbonyl (C=O) groups excluding carboxylic acids is 1. The first-order valence-corrected chi connectivity index (χ1v) is 2.48. The van der Waals surface area contributed by atoms with Gasteiger partial charge in [-0.05, 0) is 0 Å². The lowest BCUT2D eigenvalue weighted by Gasteiger charge is -1.84. The van der Waals surface area contributed by atoms with Crippen molar-refractivity contribution in [3.05, 3.63) is 18.0 Å². The van der Waals surface area contributed by atoms with Gasteiger partial charge in [0.15, 0.2) is 0 Å². The molecule has 0 fully saturated rings. The summed E-state index contributed by atoms with van der Waals surface area (Å²) in [5.41, 5.74) is 5.03. The van der Waals surface area contributed by atoms with Gasteiger partial charge in [0.2, 0.25) is 11.5 Å². The van der Waals surface area contributed by atoms with Gasteiger partial charge >= 0.3 is 0 Å². The van der Waals surface area contributed by atoms with Crippen molar-refractivity contribution in [3.8, 4) is 0 Å². The van der Waals surface area contributed by atoms with Crippen LogP contribution in [-0.4, -0.2) is 17.5 Å². The number of rotatable bonds is 2. The Bertz CT molecular complexity index is 193. The van der Waals surface area contributed by atoms with E-state index < -0.39 is 0 Å². The van der Waals surface area contributed by atoms with Gasteiger partial charge < -0.3 is 10.3 Å². The van der Waals surface area contributed by atoms with Gasteiger partial charge in [-0.2, -0.15) is 0 Å². The van der Waals surface area contributed by atoms with Crippen LogP contribution in [0.1, 0.15) is 10.6 Å². The molecular formula is C5H6N2O2. The molecule has 0 unspecified atom stereocenters. The summed E-state index contributed by atoms with van der Waals surface area (Å²) in [5.74, 6) is -0.00926. The fraction of sp³-hybridized carbons (Fsp3) is 0.200. The lowest BCUT2D eigenvalue weighted by atomic mass is 10.3. The monoisotopic (exact) mass is 126 g/mol. The summed E-state index contributed by atoms with van der Waals surface area (Å²) in [6, 6.07) is 1.48. The number of ketones is 1. The Morgan fingerprint density at radius 3 is 3.11 bits per heavy atom. The van der Waals surface area contributed by atoms with Crippen LogP contribution in [0.2, 0.25) is 0 Å². The fourth-order valence-electron chi connectivity index (χ4n) is 0.460. The molecule has 1 aromatic rings. The van der Waals surface area contributed by atoms with Crippen LogP contribution in [-0.2, 0) is 0 Å². The molecule has 4 nitrogen and oxygen atoms in total. The van der Waals surface area contributed by atoms with Gasteiger partial charge in [0.05, 0.1) is 12.7 Å². The maximum Gasteiger partial charge on any atom is 0.214 e. The smallest absolute Gasteiger partial charge is 0.214 e. The highest BCUT2D eigenvalue weighted by atomic mass is 16.5. The largest absolute Gasteiger partial charge is 0.353 e. The standard InChI is InChI=1S/C5H6N2O2/c6-3-4(8)5-1-2-7-9-5/h1-2H,3,6H2. The van der Waals surface area contributed by atoms with Crippen molar-refractivity contribution >= 4 is 5.78 Å². The van der Waals surface area contributed by atoms with Crippen LogP contribution < -0.4 is 5.73 Å². The second-order valence-corrected chi connectivity index (χ2v) is 1.50. The predicted molar refractivity (Wildman–Crippen MR) is 29.9 cm³/mol. The molecule has 1 rings (SSSR count). The molecule has 0 atom stereocenters. The second-order valence-electron chi connectivity index (χ2n) is 1.50. The summed E-state index contributed by atoms with van der Waals surface area (Å²) in [4.78, 5) is 10.6. The minimum Gasteiger partial charge on any atom is -0.353 e. The van der Waals surface area contributed by atoms with Gasteiger partial charge in [0.25, 0.3) is 0 Å². The van der Waals surface area contributed by atoms with Crippen LogP contribution in [0.15, 0.2) is 16.8 Å². The van der Waals surface area contributed by atoms with E-state index in [4.69, 9.17) is 5.73 Å². The van der Waals surface area contributed by atoms with Crippen LogP contribution >= 0.6 is 0 Å². The van der Waals surface area contributed by atoms with E-state index in [-0.39, 0.29) is 18.1 Å². The summed E-state index contributed by atoms with van der Waals surface area (Å²) in [7, 11) is 0. The van der Waals surface area contributed by atoms with Crippen LogP contribution in [0.3, 0.4) is 0 Å². The SMILES string of the molecule is NCC(=O)c1ccno1. The third kappa shape index (κ3) is 1.14. The van der Waals surface area contributed by atoms with E-state index in [1.807, 2.05) is 0 Å². The highest BCUT2D eigenvalue weighted by Crippen LogP contribution is 1.95. The number of Topliss-reactive ketones (excluding diaryl/α,β-unsaturated/α-hetero) is 1. The zero-order chi connectivity index (χ0) is 6.69. The van der Waals surface area contributed by atoms with Gasteiger partial charge in [0.1, 0.15) is 0 Å². The molecular weight excluding hydrogens is 120 g/mol. The molecule has 0 aliphatic carbocycles. The molecule has 48 valence electrons. The van der Waals surface area contributed by atoms with Gasteiger partial charge in [-0.1, -0.05) is 5.16 Å². The normalized spacial score (nSPS) is 9.44. The van der Waals surface area contributed by atoms with Gasteiger partial charge in [-0.3, -0.25) is 4.79 Å². The number of aromatic nitrogens is 1. The molecule has 1 heterocycles. The molecule has 0 saturated heterocycles. The van der Waals surface area contributed by atoms with E-state index >= 15 is 0 Å². The van der Waals surface area contributed by atoms with Crippen molar-refractivity contribution in [2.75, 3.05) is 6.54 Å². The summed E-state index contributed by atoms with van der Waals surface area (Å²) in [5, 5.41) is 3.34. The topological polar surface area (TPSA) is 69.1 Å². The van der Waals surface area contributed by atoms with Crippen molar-refractivity contribution in [2.24, 2.45) is 5.73 Å².